The van der Waals surface area contributed by atoms with Gasteiger partial charge in [-0.3, -0.25) is 4.79 Å². The minimum atomic E-state index is 0.0418. The van der Waals surface area contributed by atoms with Crippen LogP contribution in [0.4, 0.5) is 5.95 Å². The van der Waals surface area contributed by atoms with Crippen LogP contribution in [0.2, 0.25) is 0 Å². The Morgan fingerprint density at radius 1 is 1.13 bits per heavy atom. The molecule has 1 aromatic carbocycles. The van der Waals surface area contributed by atoms with Gasteiger partial charge in [-0.15, -0.1) is 0 Å². The SMILES string of the molecule is CCOc1cccc(C(=O)N2CCN(c3ncccn3)CC2)c1. The molecule has 6 nitrogen and oxygen atoms in total. The maximum atomic E-state index is 12.6. The number of hydrogen-bond donors (Lipinski definition) is 0. The molecular formula is C17H20N4O2. The summed E-state index contributed by atoms with van der Waals surface area (Å²) in [6.45, 7) is 5.32. The van der Waals surface area contributed by atoms with Gasteiger partial charge in [-0.2, -0.15) is 0 Å². The number of aromatic nitrogens is 2. The Morgan fingerprint density at radius 3 is 2.57 bits per heavy atom. The molecule has 0 aliphatic carbocycles. The molecule has 120 valence electrons. The second kappa shape index (κ2) is 7.09. The Morgan fingerprint density at radius 2 is 1.87 bits per heavy atom. The molecular weight excluding hydrogens is 292 g/mol. The van der Waals surface area contributed by atoms with Crippen molar-refractivity contribution in [3.63, 3.8) is 0 Å². The van der Waals surface area contributed by atoms with Crippen molar-refractivity contribution in [1.29, 1.82) is 0 Å². The van der Waals surface area contributed by atoms with Crippen molar-refractivity contribution < 1.29 is 9.53 Å². The summed E-state index contributed by atoms with van der Waals surface area (Å²) in [6.07, 6.45) is 3.47. The van der Waals surface area contributed by atoms with E-state index in [4.69, 9.17) is 4.74 Å². The van der Waals surface area contributed by atoms with Gasteiger partial charge in [0, 0.05) is 44.1 Å². The van der Waals surface area contributed by atoms with Crippen LogP contribution < -0.4 is 9.64 Å². The summed E-state index contributed by atoms with van der Waals surface area (Å²) in [5.41, 5.74) is 0.667. The first-order valence-corrected chi connectivity index (χ1v) is 7.82. The summed E-state index contributed by atoms with van der Waals surface area (Å²) in [4.78, 5) is 25.1. The van der Waals surface area contributed by atoms with E-state index < -0.39 is 0 Å². The van der Waals surface area contributed by atoms with E-state index in [1.54, 1.807) is 24.5 Å². The van der Waals surface area contributed by atoms with E-state index in [1.165, 1.54) is 0 Å². The van der Waals surface area contributed by atoms with Gasteiger partial charge in [0.1, 0.15) is 5.75 Å². The highest BCUT2D eigenvalue weighted by molar-refractivity contribution is 5.94. The normalized spacial score (nSPS) is 14.7. The molecule has 0 atom stereocenters. The third kappa shape index (κ3) is 3.59. The van der Waals surface area contributed by atoms with E-state index >= 15 is 0 Å². The molecule has 0 N–H and O–H groups in total. The van der Waals surface area contributed by atoms with E-state index in [0.29, 0.717) is 25.3 Å². The molecule has 0 unspecified atom stereocenters. The summed E-state index contributed by atoms with van der Waals surface area (Å²) in [5, 5.41) is 0. The van der Waals surface area contributed by atoms with Crippen molar-refractivity contribution in [2.75, 3.05) is 37.7 Å². The van der Waals surface area contributed by atoms with E-state index in [2.05, 4.69) is 14.9 Å². The van der Waals surface area contributed by atoms with E-state index in [9.17, 15) is 4.79 Å². The van der Waals surface area contributed by atoms with E-state index in [-0.39, 0.29) is 5.91 Å². The number of carbonyl (C=O) groups is 1. The number of nitrogens with zero attached hydrogens (tertiary/aromatic N) is 4. The van der Waals surface area contributed by atoms with Crippen molar-refractivity contribution >= 4 is 11.9 Å². The first-order chi connectivity index (χ1) is 11.3. The number of ether oxygens (including phenoxy) is 1. The van der Waals surface area contributed by atoms with Crippen LogP contribution in [0.5, 0.6) is 5.75 Å². The molecule has 3 rings (SSSR count). The van der Waals surface area contributed by atoms with Gasteiger partial charge in [-0.1, -0.05) is 6.07 Å². The van der Waals surface area contributed by atoms with Crippen LogP contribution in [0.3, 0.4) is 0 Å². The number of rotatable bonds is 4. The molecule has 6 heteroatoms. The molecule has 0 radical (unpaired) electrons. The standard InChI is InChI=1S/C17H20N4O2/c1-2-23-15-6-3-5-14(13-15)16(22)20-9-11-21(12-10-20)17-18-7-4-8-19-17/h3-8,13H,2,9-12H2,1H3. The second-order valence-electron chi connectivity index (χ2n) is 5.29. The molecule has 0 spiro atoms. The van der Waals surface area contributed by atoms with Crippen LogP contribution in [0.1, 0.15) is 17.3 Å². The Hall–Kier alpha value is -2.63. The topological polar surface area (TPSA) is 58.6 Å². The lowest BCUT2D eigenvalue weighted by Crippen LogP contribution is -2.49. The molecule has 23 heavy (non-hydrogen) atoms. The highest BCUT2D eigenvalue weighted by atomic mass is 16.5. The predicted octanol–water partition coefficient (Wildman–Crippen LogP) is 1.84. The van der Waals surface area contributed by atoms with Crippen LogP contribution in [-0.2, 0) is 0 Å². The van der Waals surface area contributed by atoms with Gasteiger partial charge in [-0.05, 0) is 31.2 Å². The summed E-state index contributed by atoms with van der Waals surface area (Å²) >= 11 is 0. The van der Waals surface area contributed by atoms with Gasteiger partial charge < -0.3 is 14.5 Å². The van der Waals surface area contributed by atoms with Gasteiger partial charge in [0.25, 0.3) is 5.91 Å². The number of anilines is 1. The molecule has 1 amide bonds. The van der Waals surface area contributed by atoms with Gasteiger partial charge >= 0.3 is 0 Å². The summed E-state index contributed by atoms with van der Waals surface area (Å²) in [5.74, 6) is 1.49. The molecule has 1 fully saturated rings. The van der Waals surface area contributed by atoms with Crippen molar-refractivity contribution in [3.8, 4) is 5.75 Å². The molecule has 1 aliphatic rings. The van der Waals surface area contributed by atoms with Crippen molar-refractivity contribution in [2.45, 2.75) is 6.92 Å². The minimum absolute atomic E-state index is 0.0418. The average molecular weight is 312 g/mol. The number of hydrogen-bond acceptors (Lipinski definition) is 5. The average Bonchev–Trinajstić information content (AvgIpc) is 2.62. The fourth-order valence-corrected chi connectivity index (χ4v) is 2.63. The summed E-state index contributed by atoms with van der Waals surface area (Å²) in [7, 11) is 0. The van der Waals surface area contributed by atoms with E-state index in [1.807, 2.05) is 30.0 Å². The third-order valence-corrected chi connectivity index (χ3v) is 3.79. The fourth-order valence-electron chi connectivity index (χ4n) is 2.63. The lowest BCUT2D eigenvalue weighted by molar-refractivity contribution is 0.0745. The maximum Gasteiger partial charge on any atom is 0.254 e. The highest BCUT2D eigenvalue weighted by Gasteiger charge is 2.23. The maximum absolute atomic E-state index is 12.6. The fraction of sp³-hybridized carbons (Fsp3) is 0.353. The predicted molar refractivity (Wildman–Crippen MR) is 87.8 cm³/mol. The quantitative estimate of drug-likeness (QED) is 0.862. The smallest absolute Gasteiger partial charge is 0.254 e. The first-order valence-electron chi connectivity index (χ1n) is 7.82. The van der Waals surface area contributed by atoms with Crippen LogP contribution in [-0.4, -0.2) is 53.6 Å². The van der Waals surface area contributed by atoms with Crippen LogP contribution in [0, 0.1) is 0 Å². The van der Waals surface area contributed by atoms with Gasteiger partial charge in [0.2, 0.25) is 5.95 Å². The number of benzene rings is 1. The lowest BCUT2D eigenvalue weighted by atomic mass is 10.1. The lowest BCUT2D eigenvalue weighted by Gasteiger charge is -2.34. The van der Waals surface area contributed by atoms with E-state index in [0.717, 1.165) is 24.8 Å². The Bertz CT molecular complexity index is 655. The molecule has 2 heterocycles. The van der Waals surface area contributed by atoms with Crippen molar-refractivity contribution in [3.05, 3.63) is 48.3 Å². The minimum Gasteiger partial charge on any atom is -0.494 e. The molecule has 0 bridgehead atoms. The zero-order chi connectivity index (χ0) is 16.1. The zero-order valence-corrected chi connectivity index (χ0v) is 13.2. The Labute approximate surface area is 135 Å². The van der Waals surface area contributed by atoms with Crippen LogP contribution in [0.15, 0.2) is 42.7 Å². The molecule has 1 saturated heterocycles. The number of piperazine rings is 1. The molecule has 0 saturated carbocycles. The highest BCUT2D eigenvalue weighted by Crippen LogP contribution is 2.17. The Kier molecular flexibility index (Phi) is 4.71. The Balaban J connectivity index is 1.63. The molecule has 1 aromatic heterocycles. The van der Waals surface area contributed by atoms with Gasteiger partial charge in [0.05, 0.1) is 6.61 Å². The van der Waals surface area contributed by atoms with Crippen LogP contribution >= 0.6 is 0 Å². The van der Waals surface area contributed by atoms with Crippen LogP contribution in [0.25, 0.3) is 0 Å². The molecule has 1 aliphatic heterocycles. The van der Waals surface area contributed by atoms with Gasteiger partial charge in [-0.25, -0.2) is 9.97 Å². The summed E-state index contributed by atoms with van der Waals surface area (Å²) < 4.78 is 5.46. The number of carbonyl (C=O) groups excluding carboxylic acids is 1. The largest absolute Gasteiger partial charge is 0.494 e. The third-order valence-electron chi connectivity index (χ3n) is 3.79. The number of amides is 1. The molecule has 2 aromatic rings. The first kappa shape index (κ1) is 15.3. The second-order valence-corrected chi connectivity index (χ2v) is 5.29. The summed E-state index contributed by atoms with van der Waals surface area (Å²) in [6, 6.07) is 9.15. The van der Waals surface area contributed by atoms with Gasteiger partial charge in [0.15, 0.2) is 0 Å². The zero-order valence-electron chi connectivity index (χ0n) is 13.2. The monoisotopic (exact) mass is 312 g/mol. The van der Waals surface area contributed by atoms with Crippen molar-refractivity contribution in [2.24, 2.45) is 0 Å². The van der Waals surface area contributed by atoms with Crippen molar-refractivity contribution in [1.82, 2.24) is 14.9 Å².